The molecule has 144 valence electrons. The van der Waals surface area contributed by atoms with Crippen molar-refractivity contribution in [1.82, 2.24) is 5.32 Å². The number of amides is 1. The monoisotopic (exact) mass is 361 g/mol. The van der Waals surface area contributed by atoms with Crippen LogP contribution in [0.5, 0.6) is 0 Å². The zero-order valence-corrected chi connectivity index (χ0v) is 14.9. The van der Waals surface area contributed by atoms with E-state index in [2.05, 4.69) is 5.32 Å². The molecule has 0 radical (unpaired) electrons. The number of alkyl carbamates (subject to hydrolysis) is 1. The standard InChI is InChI=1S/C16H27NO8/c1-15(2,3)25-14(22)17-8-4-7-16(12(18)19,13(20)21)24-11-5-9-23-10-6-11/h11H,4-10H2,1-3H3,(H,17,22)(H,18,19)(H,20,21). The number of carboxylic acid groups (broad SMARTS) is 2. The average Bonchev–Trinajstić information content (AvgIpc) is 2.49. The van der Waals surface area contributed by atoms with Gasteiger partial charge >= 0.3 is 18.0 Å². The van der Waals surface area contributed by atoms with E-state index in [4.69, 9.17) is 14.2 Å². The Morgan fingerprint density at radius 1 is 1.12 bits per heavy atom. The van der Waals surface area contributed by atoms with Crippen LogP contribution in [0.4, 0.5) is 4.79 Å². The number of hydrogen-bond donors (Lipinski definition) is 3. The zero-order chi connectivity index (χ0) is 19.1. The lowest BCUT2D eigenvalue weighted by molar-refractivity contribution is -0.197. The predicted molar refractivity (Wildman–Crippen MR) is 86.4 cm³/mol. The van der Waals surface area contributed by atoms with E-state index < -0.39 is 35.3 Å². The van der Waals surface area contributed by atoms with E-state index in [0.717, 1.165) is 0 Å². The molecule has 3 N–H and O–H groups in total. The van der Waals surface area contributed by atoms with Gasteiger partial charge < -0.3 is 29.7 Å². The number of carbonyl (C=O) groups is 3. The molecule has 0 atom stereocenters. The van der Waals surface area contributed by atoms with E-state index in [-0.39, 0.29) is 19.4 Å². The van der Waals surface area contributed by atoms with Crippen molar-refractivity contribution in [3.05, 3.63) is 0 Å². The van der Waals surface area contributed by atoms with Crippen LogP contribution in [0.25, 0.3) is 0 Å². The fourth-order valence-electron chi connectivity index (χ4n) is 2.39. The van der Waals surface area contributed by atoms with Crippen molar-refractivity contribution in [3.8, 4) is 0 Å². The third kappa shape index (κ3) is 6.87. The molecule has 0 aromatic rings. The lowest BCUT2D eigenvalue weighted by atomic mass is 9.96. The van der Waals surface area contributed by atoms with Gasteiger partial charge in [-0.05, 0) is 40.0 Å². The molecule has 0 aromatic carbocycles. The van der Waals surface area contributed by atoms with Crippen molar-refractivity contribution in [2.75, 3.05) is 19.8 Å². The molecule has 9 heteroatoms. The molecule has 9 nitrogen and oxygen atoms in total. The number of hydrogen-bond acceptors (Lipinski definition) is 6. The van der Waals surface area contributed by atoms with Gasteiger partial charge in [0.1, 0.15) is 5.60 Å². The van der Waals surface area contributed by atoms with E-state index in [0.29, 0.717) is 26.1 Å². The molecule has 0 aliphatic carbocycles. The molecule has 0 unspecified atom stereocenters. The number of aliphatic carboxylic acids is 2. The van der Waals surface area contributed by atoms with Gasteiger partial charge in [-0.15, -0.1) is 0 Å². The number of carbonyl (C=O) groups excluding carboxylic acids is 1. The van der Waals surface area contributed by atoms with Gasteiger partial charge in [-0.2, -0.15) is 0 Å². The number of rotatable bonds is 8. The first-order valence-electron chi connectivity index (χ1n) is 8.26. The van der Waals surface area contributed by atoms with Gasteiger partial charge in [0.25, 0.3) is 5.60 Å². The Bertz CT molecular complexity index is 465. The summed E-state index contributed by atoms with van der Waals surface area (Å²) in [6.07, 6.45) is -0.406. The van der Waals surface area contributed by atoms with Gasteiger partial charge in [-0.3, -0.25) is 0 Å². The van der Waals surface area contributed by atoms with Crippen molar-refractivity contribution in [2.45, 2.75) is 63.8 Å². The Kier molecular flexibility index (Phi) is 7.62. The van der Waals surface area contributed by atoms with Crippen LogP contribution in [0.15, 0.2) is 0 Å². The third-order valence-corrected chi connectivity index (χ3v) is 3.60. The summed E-state index contributed by atoms with van der Waals surface area (Å²) in [4.78, 5) is 34.8. The first-order chi connectivity index (χ1) is 11.6. The fraction of sp³-hybridized carbons (Fsp3) is 0.812. The van der Waals surface area contributed by atoms with Crippen LogP contribution in [0, 0.1) is 0 Å². The Morgan fingerprint density at radius 3 is 2.16 bits per heavy atom. The van der Waals surface area contributed by atoms with Gasteiger partial charge in [0, 0.05) is 26.2 Å². The molecular formula is C16H27NO8. The van der Waals surface area contributed by atoms with E-state index in [1.807, 2.05) is 0 Å². The molecule has 1 aliphatic heterocycles. The molecule has 1 saturated heterocycles. The van der Waals surface area contributed by atoms with Crippen LogP contribution in [-0.2, 0) is 23.8 Å². The summed E-state index contributed by atoms with van der Waals surface area (Å²) >= 11 is 0. The summed E-state index contributed by atoms with van der Waals surface area (Å²) in [6, 6.07) is 0. The maximum Gasteiger partial charge on any atom is 0.407 e. The molecule has 0 spiro atoms. The molecule has 1 aliphatic rings. The summed E-state index contributed by atoms with van der Waals surface area (Å²) in [5.74, 6) is -3.10. The summed E-state index contributed by atoms with van der Waals surface area (Å²) in [6.45, 7) is 6.03. The number of ether oxygens (including phenoxy) is 3. The highest BCUT2D eigenvalue weighted by atomic mass is 16.6. The first kappa shape index (κ1) is 21.2. The van der Waals surface area contributed by atoms with E-state index >= 15 is 0 Å². The highest BCUT2D eigenvalue weighted by molar-refractivity contribution is 6.01. The van der Waals surface area contributed by atoms with E-state index in [9.17, 15) is 24.6 Å². The lowest BCUT2D eigenvalue weighted by Crippen LogP contribution is -2.52. The van der Waals surface area contributed by atoms with Gasteiger partial charge in [-0.1, -0.05) is 0 Å². The Balaban J connectivity index is 2.60. The fourth-order valence-corrected chi connectivity index (χ4v) is 2.39. The molecule has 0 saturated carbocycles. The molecular weight excluding hydrogens is 334 g/mol. The molecule has 0 bridgehead atoms. The van der Waals surface area contributed by atoms with Gasteiger partial charge in [0.15, 0.2) is 0 Å². The minimum absolute atomic E-state index is 0.0777. The highest BCUT2D eigenvalue weighted by Crippen LogP contribution is 2.25. The summed E-state index contributed by atoms with van der Waals surface area (Å²) in [5.41, 5.74) is -2.99. The summed E-state index contributed by atoms with van der Waals surface area (Å²) in [7, 11) is 0. The van der Waals surface area contributed by atoms with E-state index in [1.165, 1.54) is 0 Å². The minimum Gasteiger partial charge on any atom is -0.479 e. The Labute approximate surface area is 146 Å². The zero-order valence-electron chi connectivity index (χ0n) is 14.9. The Morgan fingerprint density at radius 2 is 1.68 bits per heavy atom. The lowest BCUT2D eigenvalue weighted by Gasteiger charge is -2.32. The second-order valence-electron chi connectivity index (χ2n) is 6.90. The van der Waals surface area contributed by atoms with Crippen molar-refractivity contribution >= 4 is 18.0 Å². The van der Waals surface area contributed by atoms with Crippen LogP contribution in [0.1, 0.15) is 46.5 Å². The average molecular weight is 361 g/mol. The van der Waals surface area contributed by atoms with Crippen LogP contribution in [-0.4, -0.2) is 65.3 Å². The van der Waals surface area contributed by atoms with Crippen LogP contribution in [0.3, 0.4) is 0 Å². The highest BCUT2D eigenvalue weighted by Gasteiger charge is 2.49. The van der Waals surface area contributed by atoms with Crippen LogP contribution < -0.4 is 5.32 Å². The maximum absolute atomic E-state index is 11.6. The smallest absolute Gasteiger partial charge is 0.407 e. The SMILES string of the molecule is CC(C)(C)OC(=O)NCCCC(OC1CCOCC1)(C(=O)O)C(=O)O. The van der Waals surface area contributed by atoms with Crippen molar-refractivity contribution in [1.29, 1.82) is 0 Å². The van der Waals surface area contributed by atoms with Crippen LogP contribution in [0.2, 0.25) is 0 Å². The Hall–Kier alpha value is -1.87. The summed E-state index contributed by atoms with van der Waals surface area (Å²) < 4.78 is 15.7. The molecule has 0 aromatic heterocycles. The first-order valence-corrected chi connectivity index (χ1v) is 8.26. The minimum atomic E-state index is -2.34. The second kappa shape index (κ2) is 9.00. The van der Waals surface area contributed by atoms with E-state index in [1.54, 1.807) is 20.8 Å². The number of carboxylic acids is 2. The quantitative estimate of drug-likeness (QED) is 0.437. The predicted octanol–water partition coefficient (Wildman–Crippen LogP) is 1.39. The second-order valence-corrected chi connectivity index (χ2v) is 6.90. The topological polar surface area (TPSA) is 131 Å². The largest absolute Gasteiger partial charge is 0.479 e. The van der Waals surface area contributed by atoms with Crippen molar-refractivity contribution in [3.63, 3.8) is 0 Å². The number of nitrogens with one attached hydrogen (secondary N) is 1. The van der Waals surface area contributed by atoms with Crippen molar-refractivity contribution < 1.29 is 38.8 Å². The molecule has 1 amide bonds. The van der Waals surface area contributed by atoms with Gasteiger partial charge in [0.05, 0.1) is 6.10 Å². The molecule has 25 heavy (non-hydrogen) atoms. The van der Waals surface area contributed by atoms with Gasteiger partial charge in [0.2, 0.25) is 0 Å². The van der Waals surface area contributed by atoms with Gasteiger partial charge in [-0.25, -0.2) is 14.4 Å². The van der Waals surface area contributed by atoms with Crippen LogP contribution >= 0.6 is 0 Å². The summed E-state index contributed by atoms with van der Waals surface area (Å²) in [5, 5.41) is 21.3. The molecule has 1 rings (SSSR count). The normalized spacial score (nSPS) is 16.3. The molecule has 1 heterocycles. The maximum atomic E-state index is 11.6. The third-order valence-electron chi connectivity index (χ3n) is 3.60. The van der Waals surface area contributed by atoms with Crippen molar-refractivity contribution in [2.24, 2.45) is 0 Å². The molecule has 1 fully saturated rings.